The number of hydrogen-bond donors (Lipinski definition) is 2. The Morgan fingerprint density at radius 3 is 2.63 bits per heavy atom. The van der Waals surface area contributed by atoms with E-state index in [2.05, 4.69) is 34.4 Å². The molecule has 27 heavy (non-hydrogen) atoms. The first-order chi connectivity index (χ1) is 13.0. The molecule has 1 unspecified atom stereocenters. The van der Waals surface area contributed by atoms with Gasteiger partial charge in [0.25, 0.3) is 0 Å². The number of carbonyl (C=O) groups excluding carboxylic acids is 2. The zero-order valence-electron chi connectivity index (χ0n) is 17.3. The lowest BCUT2D eigenvalue weighted by Gasteiger charge is -2.47. The highest BCUT2D eigenvalue weighted by molar-refractivity contribution is 5.85. The topological polar surface area (TPSA) is 64.7 Å². The predicted octanol–water partition coefficient (Wildman–Crippen LogP) is 1.46. The smallest absolute Gasteiger partial charge is 0.228 e. The van der Waals surface area contributed by atoms with E-state index in [1.807, 2.05) is 0 Å². The third-order valence-corrected chi connectivity index (χ3v) is 7.04. The van der Waals surface area contributed by atoms with Gasteiger partial charge in [-0.3, -0.25) is 9.59 Å². The molecule has 6 heteroatoms. The first-order valence-corrected chi connectivity index (χ1v) is 11.0. The lowest BCUT2D eigenvalue weighted by atomic mass is 9.64. The van der Waals surface area contributed by atoms with Gasteiger partial charge in [0.2, 0.25) is 11.8 Å². The molecule has 3 aliphatic rings. The quantitative estimate of drug-likeness (QED) is 0.735. The minimum atomic E-state index is -0.123. The normalized spacial score (nSPS) is 26.4. The fourth-order valence-corrected chi connectivity index (χ4v) is 5.25. The summed E-state index contributed by atoms with van der Waals surface area (Å²) in [6.45, 7) is 8.68. The van der Waals surface area contributed by atoms with E-state index in [-0.39, 0.29) is 23.1 Å². The van der Waals surface area contributed by atoms with Crippen molar-refractivity contribution in [1.82, 2.24) is 20.4 Å². The second-order valence-electron chi connectivity index (χ2n) is 9.03. The maximum absolute atomic E-state index is 13.3. The number of hydrogen-bond acceptors (Lipinski definition) is 4. The average Bonchev–Trinajstić information content (AvgIpc) is 2.67. The maximum Gasteiger partial charge on any atom is 0.228 e. The third kappa shape index (κ3) is 5.02. The maximum atomic E-state index is 13.3. The molecule has 3 saturated heterocycles. The van der Waals surface area contributed by atoms with Crippen molar-refractivity contribution in [3.05, 3.63) is 0 Å². The van der Waals surface area contributed by atoms with Crippen LogP contribution in [0.1, 0.15) is 51.9 Å². The van der Waals surface area contributed by atoms with Crippen LogP contribution in [0.15, 0.2) is 0 Å². The van der Waals surface area contributed by atoms with Gasteiger partial charge in [0.15, 0.2) is 0 Å². The highest BCUT2D eigenvalue weighted by Gasteiger charge is 2.49. The van der Waals surface area contributed by atoms with Crippen LogP contribution in [0.3, 0.4) is 0 Å². The Morgan fingerprint density at radius 1 is 1.26 bits per heavy atom. The summed E-state index contributed by atoms with van der Waals surface area (Å²) in [4.78, 5) is 29.9. The fourth-order valence-electron chi connectivity index (χ4n) is 5.25. The van der Waals surface area contributed by atoms with Gasteiger partial charge >= 0.3 is 0 Å². The van der Waals surface area contributed by atoms with Gasteiger partial charge in [0.1, 0.15) is 0 Å². The number of unbranched alkanes of at least 4 members (excludes halogenated alkanes) is 1. The first kappa shape index (κ1) is 20.6. The van der Waals surface area contributed by atoms with Crippen molar-refractivity contribution >= 4 is 11.8 Å². The molecule has 154 valence electrons. The van der Waals surface area contributed by atoms with E-state index in [0.717, 1.165) is 58.4 Å². The molecular weight excluding hydrogens is 340 g/mol. The molecule has 3 fully saturated rings. The Bertz CT molecular complexity index is 510. The Balaban J connectivity index is 1.54. The molecule has 1 spiro atoms. The highest BCUT2D eigenvalue weighted by Crippen LogP contribution is 2.43. The van der Waals surface area contributed by atoms with Crippen molar-refractivity contribution in [2.75, 3.05) is 52.9 Å². The second kappa shape index (κ2) is 9.37. The summed E-state index contributed by atoms with van der Waals surface area (Å²) in [6, 6.07) is 0. The Labute approximate surface area is 164 Å². The standard InChI is InChI=1S/C21H38N4O2/c1-3-4-11-24(2)16-17-5-12-25(13-6-17)20(27)18-15-23-19(26)14-21(18)7-9-22-10-8-21/h17-18,22H,3-16H2,1-2H3,(H,23,26). The summed E-state index contributed by atoms with van der Waals surface area (Å²) in [5.41, 5.74) is -0.123. The van der Waals surface area contributed by atoms with Crippen molar-refractivity contribution in [2.45, 2.75) is 51.9 Å². The van der Waals surface area contributed by atoms with Gasteiger partial charge in [-0.25, -0.2) is 0 Å². The molecule has 0 aromatic heterocycles. The number of nitrogens with zero attached hydrogens (tertiary/aromatic N) is 2. The van der Waals surface area contributed by atoms with Gasteiger partial charge in [0, 0.05) is 32.6 Å². The minimum absolute atomic E-state index is 0.0407. The Kier molecular flexibility index (Phi) is 7.15. The van der Waals surface area contributed by atoms with E-state index < -0.39 is 0 Å². The molecule has 6 nitrogen and oxygen atoms in total. The number of amides is 2. The van der Waals surface area contributed by atoms with Crippen molar-refractivity contribution in [3.8, 4) is 0 Å². The van der Waals surface area contributed by atoms with E-state index in [1.54, 1.807) is 0 Å². The van der Waals surface area contributed by atoms with Gasteiger partial charge < -0.3 is 20.4 Å². The molecule has 2 amide bonds. The summed E-state index contributed by atoms with van der Waals surface area (Å²) in [5.74, 6) is 1.07. The van der Waals surface area contributed by atoms with E-state index in [1.165, 1.54) is 19.4 Å². The van der Waals surface area contributed by atoms with Crippen LogP contribution in [-0.2, 0) is 9.59 Å². The van der Waals surface area contributed by atoms with Crippen LogP contribution in [0.4, 0.5) is 0 Å². The molecule has 2 N–H and O–H groups in total. The van der Waals surface area contributed by atoms with Crippen LogP contribution in [0, 0.1) is 17.3 Å². The molecule has 3 heterocycles. The lowest BCUT2D eigenvalue weighted by molar-refractivity contribution is -0.147. The number of piperidine rings is 3. The number of nitrogens with one attached hydrogen (secondary N) is 2. The summed E-state index contributed by atoms with van der Waals surface area (Å²) >= 11 is 0. The molecule has 3 rings (SSSR count). The van der Waals surface area contributed by atoms with Gasteiger partial charge in [-0.2, -0.15) is 0 Å². The Hall–Kier alpha value is -1.14. The molecule has 1 atom stereocenters. The third-order valence-electron chi connectivity index (χ3n) is 7.04. The van der Waals surface area contributed by atoms with Crippen molar-refractivity contribution in [3.63, 3.8) is 0 Å². The van der Waals surface area contributed by atoms with Crippen LogP contribution in [0.2, 0.25) is 0 Å². The molecule has 0 saturated carbocycles. The van der Waals surface area contributed by atoms with Crippen molar-refractivity contribution < 1.29 is 9.59 Å². The van der Waals surface area contributed by atoms with Gasteiger partial charge in [-0.15, -0.1) is 0 Å². The lowest BCUT2D eigenvalue weighted by Crippen LogP contribution is -2.58. The van der Waals surface area contributed by atoms with E-state index in [0.29, 0.717) is 18.9 Å². The molecule has 0 bridgehead atoms. The average molecular weight is 379 g/mol. The SMILES string of the molecule is CCCCN(C)CC1CCN(C(=O)C2CNC(=O)CC23CCNCC3)CC1. The summed E-state index contributed by atoms with van der Waals surface area (Å²) in [7, 11) is 2.22. The van der Waals surface area contributed by atoms with E-state index >= 15 is 0 Å². The van der Waals surface area contributed by atoms with Crippen LogP contribution in [0.5, 0.6) is 0 Å². The van der Waals surface area contributed by atoms with E-state index in [9.17, 15) is 9.59 Å². The predicted molar refractivity (Wildman–Crippen MR) is 107 cm³/mol. The highest BCUT2D eigenvalue weighted by atomic mass is 16.2. The first-order valence-electron chi connectivity index (χ1n) is 11.0. The summed E-state index contributed by atoms with van der Waals surface area (Å²) in [5, 5.41) is 6.35. The number of carbonyl (C=O) groups is 2. The zero-order chi connectivity index (χ0) is 19.3. The zero-order valence-corrected chi connectivity index (χ0v) is 17.3. The van der Waals surface area contributed by atoms with Gasteiger partial charge in [0.05, 0.1) is 5.92 Å². The van der Waals surface area contributed by atoms with Crippen LogP contribution < -0.4 is 10.6 Å². The molecule has 0 radical (unpaired) electrons. The van der Waals surface area contributed by atoms with Crippen LogP contribution in [0.25, 0.3) is 0 Å². The Morgan fingerprint density at radius 2 is 1.96 bits per heavy atom. The molecule has 0 aliphatic carbocycles. The monoisotopic (exact) mass is 378 g/mol. The summed E-state index contributed by atoms with van der Waals surface area (Å²) in [6.07, 6.45) is 7.12. The molecular formula is C21H38N4O2. The molecule has 3 aliphatic heterocycles. The van der Waals surface area contributed by atoms with E-state index in [4.69, 9.17) is 0 Å². The fraction of sp³-hybridized carbons (Fsp3) is 0.905. The van der Waals surface area contributed by atoms with Gasteiger partial charge in [-0.05, 0) is 70.1 Å². The van der Waals surface area contributed by atoms with Crippen molar-refractivity contribution in [2.24, 2.45) is 17.3 Å². The largest absolute Gasteiger partial charge is 0.355 e. The van der Waals surface area contributed by atoms with Crippen LogP contribution >= 0.6 is 0 Å². The van der Waals surface area contributed by atoms with Crippen molar-refractivity contribution in [1.29, 1.82) is 0 Å². The van der Waals surface area contributed by atoms with Crippen LogP contribution in [-0.4, -0.2) is 74.5 Å². The number of rotatable bonds is 6. The number of likely N-dealkylation sites (tertiary alicyclic amines) is 1. The molecule has 0 aromatic carbocycles. The minimum Gasteiger partial charge on any atom is -0.355 e. The molecule has 0 aromatic rings. The summed E-state index contributed by atoms with van der Waals surface area (Å²) < 4.78 is 0. The van der Waals surface area contributed by atoms with Gasteiger partial charge in [-0.1, -0.05) is 13.3 Å². The second-order valence-corrected chi connectivity index (χ2v) is 9.03.